The number of nitrogens with one attached hydrogen (secondary N) is 2. The molecule has 2 N–H and O–H groups in total. The van der Waals surface area contributed by atoms with Crippen molar-refractivity contribution in [2.75, 3.05) is 23.0 Å². The quantitative estimate of drug-likeness (QED) is 0.310. The number of thioether (sulfide) groups is 1. The van der Waals surface area contributed by atoms with Gasteiger partial charge in [-0.05, 0) is 12.5 Å². The fraction of sp³-hybridized carbons (Fsp3) is 0.333. The molecule has 11 heteroatoms. The van der Waals surface area contributed by atoms with Gasteiger partial charge in [-0.2, -0.15) is 0 Å². The van der Waals surface area contributed by atoms with Gasteiger partial charge in [-0.3, -0.25) is 14.4 Å². The average molecular weight is 496 g/mol. The molecule has 0 saturated heterocycles. The van der Waals surface area contributed by atoms with E-state index in [1.54, 1.807) is 37.8 Å². The normalized spacial score (nSPS) is 11.7. The molecule has 10 nitrogen and oxygen atoms in total. The Morgan fingerprint density at radius 1 is 1.17 bits per heavy atom. The number of carbonyl (C=O) groups is 3. The Balaban J connectivity index is 1.59. The van der Waals surface area contributed by atoms with Crippen LogP contribution in [0, 0.1) is 5.92 Å². The smallest absolute Gasteiger partial charge is 0.291 e. The maximum atomic E-state index is 12.6. The van der Waals surface area contributed by atoms with E-state index in [1.807, 2.05) is 37.3 Å². The minimum absolute atomic E-state index is 0.103. The van der Waals surface area contributed by atoms with E-state index >= 15 is 0 Å². The lowest BCUT2D eigenvalue weighted by Crippen LogP contribution is -2.35. The molecule has 0 spiro atoms. The standard InChI is InChI=1S/C24H29N7O3S/c1-16(2)23(33)28-21-10-19(30(4)15-32)20(11-25-21)35-13-17(3)27-24(34)22-26-14-31(29-22)12-18-8-6-5-7-9-18/h5-11,14-17H,12-13H2,1-4H3,(H,27,34)(H,25,28,33)/t17-/m1/s1. The van der Waals surface area contributed by atoms with Gasteiger partial charge in [-0.25, -0.2) is 14.6 Å². The highest BCUT2D eigenvalue weighted by atomic mass is 32.2. The summed E-state index contributed by atoms with van der Waals surface area (Å²) >= 11 is 1.44. The first-order chi connectivity index (χ1) is 16.8. The van der Waals surface area contributed by atoms with Crippen molar-refractivity contribution in [2.24, 2.45) is 5.92 Å². The second-order valence-corrected chi connectivity index (χ2v) is 9.40. The van der Waals surface area contributed by atoms with Crippen LogP contribution in [0.5, 0.6) is 0 Å². The highest BCUT2D eigenvalue weighted by Gasteiger charge is 2.17. The molecule has 3 amide bonds. The molecule has 0 saturated carbocycles. The summed E-state index contributed by atoms with van der Waals surface area (Å²) in [5.41, 5.74) is 1.67. The molecule has 2 heterocycles. The lowest BCUT2D eigenvalue weighted by molar-refractivity contribution is -0.118. The van der Waals surface area contributed by atoms with E-state index in [0.717, 1.165) is 10.5 Å². The lowest BCUT2D eigenvalue weighted by Gasteiger charge is -2.18. The summed E-state index contributed by atoms with van der Waals surface area (Å²) in [7, 11) is 1.63. The highest BCUT2D eigenvalue weighted by Crippen LogP contribution is 2.31. The molecule has 3 aromatic rings. The van der Waals surface area contributed by atoms with Crippen molar-refractivity contribution < 1.29 is 14.4 Å². The summed E-state index contributed by atoms with van der Waals surface area (Å²) in [6.45, 7) is 5.98. The number of anilines is 2. The van der Waals surface area contributed by atoms with Crippen LogP contribution in [0.4, 0.5) is 11.5 Å². The van der Waals surface area contributed by atoms with Crippen LogP contribution in [0.3, 0.4) is 0 Å². The van der Waals surface area contributed by atoms with Crippen molar-refractivity contribution in [3.05, 3.63) is 60.3 Å². The Labute approximate surface area is 208 Å². The molecule has 2 aromatic heterocycles. The van der Waals surface area contributed by atoms with Gasteiger partial charge in [0, 0.05) is 41.9 Å². The van der Waals surface area contributed by atoms with Gasteiger partial charge in [0.2, 0.25) is 18.1 Å². The van der Waals surface area contributed by atoms with E-state index in [4.69, 9.17) is 0 Å². The van der Waals surface area contributed by atoms with Gasteiger partial charge in [-0.15, -0.1) is 16.9 Å². The first-order valence-electron chi connectivity index (χ1n) is 11.1. The zero-order chi connectivity index (χ0) is 25.4. The van der Waals surface area contributed by atoms with Crippen molar-refractivity contribution in [1.29, 1.82) is 0 Å². The molecule has 0 aliphatic rings. The monoisotopic (exact) mass is 495 g/mol. The van der Waals surface area contributed by atoms with Crippen LogP contribution in [0.2, 0.25) is 0 Å². The van der Waals surface area contributed by atoms with Gasteiger partial charge in [0.25, 0.3) is 5.91 Å². The molecule has 3 rings (SSSR count). The topological polar surface area (TPSA) is 122 Å². The van der Waals surface area contributed by atoms with Gasteiger partial charge in [0.1, 0.15) is 12.1 Å². The molecule has 0 unspecified atom stereocenters. The molecular formula is C24H29N7O3S. The Morgan fingerprint density at radius 3 is 2.60 bits per heavy atom. The van der Waals surface area contributed by atoms with Crippen molar-refractivity contribution >= 4 is 41.5 Å². The van der Waals surface area contributed by atoms with Crippen molar-refractivity contribution in [1.82, 2.24) is 25.1 Å². The van der Waals surface area contributed by atoms with Crippen LogP contribution in [-0.2, 0) is 16.1 Å². The van der Waals surface area contributed by atoms with Crippen LogP contribution in [0.15, 0.2) is 53.8 Å². The number of hydrogen-bond acceptors (Lipinski definition) is 7. The van der Waals surface area contributed by atoms with Crippen LogP contribution < -0.4 is 15.5 Å². The number of hydrogen-bond donors (Lipinski definition) is 2. The molecule has 0 bridgehead atoms. The summed E-state index contributed by atoms with van der Waals surface area (Å²) in [6.07, 6.45) is 3.83. The predicted molar refractivity (Wildman–Crippen MR) is 135 cm³/mol. The van der Waals surface area contributed by atoms with Gasteiger partial charge in [0.05, 0.1) is 12.2 Å². The minimum Gasteiger partial charge on any atom is -0.346 e. The van der Waals surface area contributed by atoms with E-state index in [0.29, 0.717) is 30.2 Å². The average Bonchev–Trinajstić information content (AvgIpc) is 3.31. The first kappa shape index (κ1) is 25.9. The van der Waals surface area contributed by atoms with Crippen LogP contribution in [0.25, 0.3) is 0 Å². The number of carbonyl (C=O) groups excluding carboxylic acids is 3. The molecular weight excluding hydrogens is 466 g/mol. The Morgan fingerprint density at radius 2 is 1.91 bits per heavy atom. The van der Waals surface area contributed by atoms with E-state index in [1.165, 1.54) is 23.0 Å². The Kier molecular flexibility index (Phi) is 8.96. The molecule has 0 aliphatic carbocycles. The number of amides is 3. The summed E-state index contributed by atoms with van der Waals surface area (Å²) in [4.78, 5) is 46.5. The summed E-state index contributed by atoms with van der Waals surface area (Å²) in [5.74, 6) is 0.284. The number of pyridine rings is 1. The van der Waals surface area contributed by atoms with E-state index < -0.39 is 0 Å². The predicted octanol–water partition coefficient (Wildman–Crippen LogP) is 2.82. The van der Waals surface area contributed by atoms with Crippen molar-refractivity contribution in [3.63, 3.8) is 0 Å². The first-order valence-corrected chi connectivity index (χ1v) is 12.1. The molecule has 184 valence electrons. The van der Waals surface area contributed by atoms with Crippen LogP contribution >= 0.6 is 11.8 Å². The maximum absolute atomic E-state index is 12.6. The maximum Gasteiger partial charge on any atom is 0.291 e. The summed E-state index contributed by atoms with van der Waals surface area (Å²) in [6, 6.07) is 11.3. The van der Waals surface area contributed by atoms with Gasteiger partial charge in [-0.1, -0.05) is 44.2 Å². The van der Waals surface area contributed by atoms with Crippen molar-refractivity contribution in [3.8, 4) is 0 Å². The Bertz CT molecular complexity index is 1170. The second-order valence-electron chi connectivity index (χ2n) is 8.33. The summed E-state index contributed by atoms with van der Waals surface area (Å²) < 4.78 is 1.62. The number of benzene rings is 1. The fourth-order valence-electron chi connectivity index (χ4n) is 3.00. The Hall–Kier alpha value is -3.73. The molecule has 0 aliphatic heterocycles. The van der Waals surface area contributed by atoms with Crippen molar-refractivity contribution in [2.45, 2.75) is 38.3 Å². The van der Waals surface area contributed by atoms with Crippen LogP contribution in [0.1, 0.15) is 37.0 Å². The number of nitrogens with zero attached hydrogens (tertiary/aromatic N) is 5. The minimum atomic E-state index is -0.361. The van der Waals surface area contributed by atoms with Gasteiger partial charge < -0.3 is 15.5 Å². The lowest BCUT2D eigenvalue weighted by atomic mass is 10.2. The van der Waals surface area contributed by atoms with E-state index in [-0.39, 0.29) is 29.6 Å². The zero-order valence-corrected chi connectivity index (χ0v) is 21.0. The highest BCUT2D eigenvalue weighted by molar-refractivity contribution is 7.99. The fourth-order valence-corrected chi connectivity index (χ4v) is 4.00. The molecule has 1 aromatic carbocycles. The molecule has 35 heavy (non-hydrogen) atoms. The third kappa shape index (κ3) is 7.38. The molecule has 1 atom stereocenters. The van der Waals surface area contributed by atoms with E-state index in [9.17, 15) is 14.4 Å². The third-order valence-corrected chi connectivity index (χ3v) is 6.25. The van der Waals surface area contributed by atoms with E-state index in [2.05, 4.69) is 25.7 Å². The number of aromatic nitrogens is 4. The zero-order valence-electron chi connectivity index (χ0n) is 20.1. The van der Waals surface area contributed by atoms with Crippen LogP contribution in [-0.4, -0.2) is 56.8 Å². The number of rotatable bonds is 11. The molecule has 0 fully saturated rings. The SMILES string of the molecule is CC(C)C(=O)Nc1cc(N(C)C=O)c(SC[C@@H](C)NC(=O)c2ncn(Cc3ccccc3)n2)cn1. The second kappa shape index (κ2) is 12.1. The largest absolute Gasteiger partial charge is 0.346 e. The summed E-state index contributed by atoms with van der Waals surface area (Å²) in [5, 5.41) is 9.90. The third-order valence-electron chi connectivity index (χ3n) is 4.95. The van der Waals surface area contributed by atoms with Gasteiger partial charge >= 0.3 is 0 Å². The molecule has 0 radical (unpaired) electrons. The van der Waals surface area contributed by atoms with Gasteiger partial charge in [0.15, 0.2) is 0 Å².